The molecule has 1 aromatic heterocycles. The number of benzene rings is 2. The fourth-order valence-corrected chi connectivity index (χ4v) is 4.52. The molecule has 0 bridgehead atoms. The second-order valence-electron chi connectivity index (χ2n) is 7.03. The van der Waals surface area contributed by atoms with Gasteiger partial charge < -0.3 is 19.9 Å². The van der Waals surface area contributed by atoms with Crippen molar-refractivity contribution >= 4 is 11.8 Å². The van der Waals surface area contributed by atoms with Crippen LogP contribution in [-0.2, 0) is 5.75 Å². The average Bonchev–Trinajstić information content (AvgIpc) is 3.19. The standard InChI is InChI=1S/C23H22N4O3S/c1-13-7-9-14(10-8-13)31-12-17-20-19(15-5-4-6-18(28-2)21(15)29-3)16(11-24)22(25)30-23(20)27-26-17/h4-10,19H,12,25H2,1-3H3,(H,26,27)/t19-/m0/s1. The summed E-state index contributed by atoms with van der Waals surface area (Å²) < 4.78 is 16.8. The highest BCUT2D eigenvalue weighted by Gasteiger charge is 2.37. The number of H-pyrrole nitrogens is 1. The third-order valence-electron chi connectivity index (χ3n) is 5.17. The van der Waals surface area contributed by atoms with Crippen LogP contribution in [0.4, 0.5) is 0 Å². The first kappa shape index (κ1) is 20.7. The number of methoxy groups -OCH3 is 2. The summed E-state index contributed by atoms with van der Waals surface area (Å²) in [6.45, 7) is 2.06. The molecule has 0 amide bonds. The summed E-state index contributed by atoms with van der Waals surface area (Å²) in [5.74, 6) is 1.65. The van der Waals surface area contributed by atoms with Gasteiger partial charge in [-0.15, -0.1) is 16.9 Å². The number of aromatic nitrogens is 2. The fraction of sp³-hybridized carbons (Fsp3) is 0.217. The van der Waals surface area contributed by atoms with Gasteiger partial charge in [-0.1, -0.05) is 29.8 Å². The predicted octanol–water partition coefficient (Wildman–Crippen LogP) is 4.25. The van der Waals surface area contributed by atoms with Gasteiger partial charge in [0, 0.05) is 16.2 Å². The van der Waals surface area contributed by atoms with Gasteiger partial charge in [-0.05, 0) is 25.1 Å². The monoisotopic (exact) mass is 434 g/mol. The number of allylic oxidation sites excluding steroid dienone is 1. The van der Waals surface area contributed by atoms with Gasteiger partial charge in [0.2, 0.25) is 11.8 Å². The van der Waals surface area contributed by atoms with E-state index >= 15 is 0 Å². The van der Waals surface area contributed by atoms with Crippen LogP contribution in [0.25, 0.3) is 0 Å². The molecule has 0 aliphatic carbocycles. The molecule has 0 fully saturated rings. The first-order valence-corrected chi connectivity index (χ1v) is 10.6. The van der Waals surface area contributed by atoms with Crippen LogP contribution in [0.15, 0.2) is 58.8 Å². The van der Waals surface area contributed by atoms with E-state index in [4.69, 9.17) is 19.9 Å². The van der Waals surface area contributed by atoms with E-state index in [1.807, 2.05) is 18.2 Å². The van der Waals surface area contributed by atoms with E-state index in [9.17, 15) is 5.26 Å². The van der Waals surface area contributed by atoms with Crippen LogP contribution in [-0.4, -0.2) is 24.4 Å². The number of nitriles is 1. The van der Waals surface area contributed by atoms with Crippen molar-refractivity contribution < 1.29 is 14.2 Å². The van der Waals surface area contributed by atoms with Crippen molar-refractivity contribution in [2.24, 2.45) is 5.73 Å². The van der Waals surface area contributed by atoms with Gasteiger partial charge in [0.15, 0.2) is 11.5 Å². The fourth-order valence-electron chi connectivity index (χ4n) is 3.66. The predicted molar refractivity (Wildman–Crippen MR) is 118 cm³/mol. The molecule has 31 heavy (non-hydrogen) atoms. The van der Waals surface area contributed by atoms with E-state index in [1.165, 1.54) is 5.56 Å². The quantitative estimate of drug-likeness (QED) is 0.559. The normalized spacial score (nSPS) is 15.1. The Balaban J connectivity index is 1.79. The number of para-hydroxylation sites is 1. The van der Waals surface area contributed by atoms with E-state index in [0.717, 1.165) is 21.7 Å². The SMILES string of the molecule is COc1cccc([C@H]2C(C#N)=C(N)Oc3n[nH]c(CSc4ccc(C)cc4)c32)c1OC. The second kappa shape index (κ2) is 8.66. The molecular weight excluding hydrogens is 412 g/mol. The molecular formula is C23H22N4O3S. The highest BCUT2D eigenvalue weighted by molar-refractivity contribution is 7.98. The number of ether oxygens (including phenoxy) is 3. The van der Waals surface area contributed by atoms with E-state index < -0.39 is 5.92 Å². The molecule has 0 saturated heterocycles. The van der Waals surface area contributed by atoms with Gasteiger partial charge in [0.1, 0.15) is 11.6 Å². The van der Waals surface area contributed by atoms with Crippen molar-refractivity contribution in [3.8, 4) is 23.4 Å². The Bertz CT molecular complexity index is 1180. The lowest BCUT2D eigenvalue weighted by Crippen LogP contribution is -2.21. The molecule has 3 aromatic rings. The summed E-state index contributed by atoms with van der Waals surface area (Å²) in [6.07, 6.45) is 0. The van der Waals surface area contributed by atoms with Gasteiger partial charge in [-0.25, -0.2) is 0 Å². The zero-order chi connectivity index (χ0) is 22.0. The van der Waals surface area contributed by atoms with Gasteiger partial charge in [0.05, 0.1) is 31.4 Å². The lowest BCUT2D eigenvalue weighted by Gasteiger charge is -2.26. The Morgan fingerprint density at radius 2 is 1.97 bits per heavy atom. The lowest BCUT2D eigenvalue weighted by molar-refractivity contribution is 0.348. The number of hydrogen-bond donors (Lipinski definition) is 2. The summed E-state index contributed by atoms with van der Waals surface area (Å²) >= 11 is 1.67. The number of rotatable bonds is 6. The lowest BCUT2D eigenvalue weighted by atomic mass is 9.83. The Hall–Kier alpha value is -3.57. The van der Waals surface area contributed by atoms with Crippen LogP contribution in [0.1, 0.15) is 28.3 Å². The van der Waals surface area contributed by atoms with Gasteiger partial charge >= 0.3 is 0 Å². The van der Waals surface area contributed by atoms with Gasteiger partial charge in [-0.3, -0.25) is 5.10 Å². The van der Waals surface area contributed by atoms with Crippen LogP contribution >= 0.6 is 11.8 Å². The topological polar surface area (TPSA) is 106 Å². The largest absolute Gasteiger partial charge is 0.493 e. The minimum Gasteiger partial charge on any atom is -0.493 e. The molecule has 3 N–H and O–H groups in total. The summed E-state index contributed by atoms with van der Waals surface area (Å²) in [4.78, 5) is 1.14. The molecule has 1 aliphatic rings. The van der Waals surface area contributed by atoms with Crippen LogP contribution in [0.5, 0.6) is 17.4 Å². The van der Waals surface area contributed by atoms with E-state index in [2.05, 4.69) is 47.5 Å². The third-order valence-corrected chi connectivity index (χ3v) is 6.20. The summed E-state index contributed by atoms with van der Waals surface area (Å²) in [6, 6.07) is 16.1. The number of nitrogens with one attached hydrogen (secondary N) is 1. The van der Waals surface area contributed by atoms with Crippen LogP contribution < -0.4 is 19.9 Å². The van der Waals surface area contributed by atoms with E-state index in [0.29, 0.717) is 28.7 Å². The number of thioether (sulfide) groups is 1. The van der Waals surface area contributed by atoms with Crippen LogP contribution in [0, 0.1) is 18.3 Å². The maximum atomic E-state index is 9.90. The van der Waals surface area contributed by atoms with E-state index in [1.54, 1.807) is 26.0 Å². The van der Waals surface area contributed by atoms with Crippen molar-refractivity contribution in [3.63, 3.8) is 0 Å². The number of fused-ring (bicyclic) bond motifs is 1. The zero-order valence-corrected chi connectivity index (χ0v) is 18.2. The van der Waals surface area contributed by atoms with Gasteiger partial charge in [-0.2, -0.15) is 5.26 Å². The number of nitrogens with zero attached hydrogens (tertiary/aromatic N) is 2. The first-order valence-electron chi connectivity index (χ1n) is 9.62. The highest BCUT2D eigenvalue weighted by Crippen LogP contribution is 2.48. The molecule has 2 aromatic carbocycles. The maximum Gasteiger partial charge on any atom is 0.244 e. The second-order valence-corrected chi connectivity index (χ2v) is 8.08. The number of hydrogen-bond acceptors (Lipinski definition) is 7. The van der Waals surface area contributed by atoms with Crippen LogP contribution in [0.3, 0.4) is 0 Å². The Labute approximate surface area is 184 Å². The molecule has 158 valence electrons. The minimum atomic E-state index is -0.494. The smallest absolute Gasteiger partial charge is 0.244 e. The number of aryl methyl sites for hydroxylation is 1. The number of nitrogens with two attached hydrogens (primary N) is 1. The highest BCUT2D eigenvalue weighted by atomic mass is 32.2. The maximum absolute atomic E-state index is 9.90. The van der Waals surface area contributed by atoms with Crippen LogP contribution in [0.2, 0.25) is 0 Å². The van der Waals surface area contributed by atoms with Crippen molar-refractivity contribution in [1.82, 2.24) is 10.2 Å². The molecule has 1 atom stereocenters. The minimum absolute atomic E-state index is 0.0362. The third kappa shape index (κ3) is 3.80. The molecule has 7 nitrogen and oxygen atoms in total. The average molecular weight is 435 g/mol. The number of aromatic amines is 1. The summed E-state index contributed by atoms with van der Waals surface area (Å²) in [7, 11) is 3.15. The van der Waals surface area contributed by atoms with E-state index in [-0.39, 0.29) is 5.88 Å². The molecule has 1 aliphatic heterocycles. The molecule has 2 heterocycles. The van der Waals surface area contributed by atoms with Crippen molar-refractivity contribution in [3.05, 3.63) is 76.3 Å². The molecule has 0 saturated carbocycles. The Kier molecular flexibility index (Phi) is 5.78. The van der Waals surface area contributed by atoms with Crippen molar-refractivity contribution in [2.75, 3.05) is 14.2 Å². The Morgan fingerprint density at radius 3 is 2.65 bits per heavy atom. The Morgan fingerprint density at radius 1 is 1.19 bits per heavy atom. The zero-order valence-electron chi connectivity index (χ0n) is 17.4. The molecule has 0 radical (unpaired) electrons. The van der Waals surface area contributed by atoms with Crippen molar-refractivity contribution in [1.29, 1.82) is 5.26 Å². The molecule has 8 heteroatoms. The summed E-state index contributed by atoms with van der Waals surface area (Å²) in [5, 5.41) is 17.3. The summed E-state index contributed by atoms with van der Waals surface area (Å²) in [5.41, 5.74) is 9.99. The van der Waals surface area contributed by atoms with Crippen molar-refractivity contribution in [2.45, 2.75) is 23.5 Å². The molecule has 0 spiro atoms. The molecule has 4 rings (SSSR count). The molecule has 0 unspecified atom stereocenters. The first-order chi connectivity index (χ1) is 15.1. The van der Waals surface area contributed by atoms with Gasteiger partial charge in [0.25, 0.3) is 0 Å².